The SMILES string of the molecule is CCOc1cc2occ(-c3ccc(Cl)cc3)c2cc1/C(C)=C/C(=O)NCc1ccc(OC)cc1. The lowest BCUT2D eigenvalue weighted by molar-refractivity contribution is -0.116. The zero-order valence-corrected chi connectivity index (χ0v) is 20.1. The molecule has 0 aliphatic heterocycles. The van der Waals surface area contributed by atoms with Gasteiger partial charge in [0.1, 0.15) is 17.1 Å². The second-order valence-corrected chi connectivity index (χ2v) is 8.26. The van der Waals surface area contributed by atoms with Crippen molar-refractivity contribution in [3.8, 4) is 22.6 Å². The Morgan fingerprint density at radius 1 is 1.09 bits per heavy atom. The second-order valence-electron chi connectivity index (χ2n) is 7.83. The summed E-state index contributed by atoms with van der Waals surface area (Å²) < 4.78 is 16.9. The highest BCUT2D eigenvalue weighted by atomic mass is 35.5. The van der Waals surface area contributed by atoms with Crippen LogP contribution in [0.1, 0.15) is 25.0 Å². The minimum Gasteiger partial charge on any atom is -0.497 e. The van der Waals surface area contributed by atoms with Crippen LogP contribution in [0.3, 0.4) is 0 Å². The van der Waals surface area contributed by atoms with E-state index in [-0.39, 0.29) is 5.91 Å². The van der Waals surface area contributed by atoms with Crippen molar-refractivity contribution in [2.75, 3.05) is 13.7 Å². The molecule has 34 heavy (non-hydrogen) atoms. The van der Waals surface area contributed by atoms with Crippen molar-refractivity contribution in [1.82, 2.24) is 5.32 Å². The summed E-state index contributed by atoms with van der Waals surface area (Å²) in [5.41, 5.74) is 5.28. The number of carbonyl (C=O) groups is 1. The van der Waals surface area contributed by atoms with E-state index in [4.69, 9.17) is 25.5 Å². The Morgan fingerprint density at radius 3 is 2.50 bits per heavy atom. The lowest BCUT2D eigenvalue weighted by Gasteiger charge is -2.12. The number of benzene rings is 3. The Bertz CT molecular complexity index is 1320. The Labute approximate surface area is 203 Å². The van der Waals surface area contributed by atoms with Crippen molar-refractivity contribution in [2.24, 2.45) is 0 Å². The van der Waals surface area contributed by atoms with Crippen LogP contribution in [0.4, 0.5) is 0 Å². The Morgan fingerprint density at radius 2 is 1.82 bits per heavy atom. The van der Waals surface area contributed by atoms with Gasteiger partial charge in [-0.2, -0.15) is 0 Å². The van der Waals surface area contributed by atoms with E-state index in [9.17, 15) is 4.79 Å². The number of allylic oxidation sites excluding steroid dienone is 1. The van der Waals surface area contributed by atoms with E-state index in [1.807, 2.05) is 74.5 Å². The number of hydrogen-bond acceptors (Lipinski definition) is 4. The summed E-state index contributed by atoms with van der Waals surface area (Å²) in [6, 6.07) is 19.1. The first kappa shape index (κ1) is 23.5. The van der Waals surface area contributed by atoms with Gasteiger partial charge in [0.05, 0.1) is 20.0 Å². The van der Waals surface area contributed by atoms with Crippen LogP contribution in [0, 0.1) is 0 Å². The summed E-state index contributed by atoms with van der Waals surface area (Å²) in [4.78, 5) is 12.6. The molecule has 6 heteroatoms. The maximum atomic E-state index is 12.6. The summed E-state index contributed by atoms with van der Waals surface area (Å²) in [6.07, 6.45) is 3.32. The van der Waals surface area contributed by atoms with Crippen molar-refractivity contribution in [3.63, 3.8) is 0 Å². The third kappa shape index (κ3) is 5.26. The van der Waals surface area contributed by atoms with E-state index >= 15 is 0 Å². The van der Waals surface area contributed by atoms with Crippen LogP contribution >= 0.6 is 11.6 Å². The quantitative estimate of drug-likeness (QED) is 0.282. The van der Waals surface area contributed by atoms with Crippen molar-refractivity contribution in [2.45, 2.75) is 20.4 Å². The molecule has 0 saturated heterocycles. The fraction of sp³-hybridized carbons (Fsp3) is 0.179. The molecule has 0 fully saturated rings. The molecule has 0 aliphatic carbocycles. The molecule has 0 saturated carbocycles. The standard InChI is InChI=1S/C28H26ClNO4/c1-4-33-26-15-27-24(25(17-34-27)20-7-9-21(29)10-8-20)14-23(26)18(2)13-28(31)30-16-19-5-11-22(32-3)12-6-19/h5-15,17H,4,16H2,1-3H3,(H,30,31)/b18-13+. The fourth-order valence-electron chi connectivity index (χ4n) is 3.75. The van der Waals surface area contributed by atoms with Crippen LogP contribution in [-0.4, -0.2) is 19.6 Å². The molecule has 0 aliphatic rings. The molecule has 4 rings (SSSR count). The Balaban J connectivity index is 1.61. The van der Waals surface area contributed by atoms with E-state index in [0.29, 0.717) is 29.5 Å². The maximum Gasteiger partial charge on any atom is 0.244 e. The average molecular weight is 476 g/mol. The number of rotatable bonds is 8. The van der Waals surface area contributed by atoms with Gasteiger partial charge in [0.2, 0.25) is 5.91 Å². The number of methoxy groups -OCH3 is 1. The number of carbonyl (C=O) groups excluding carboxylic acids is 1. The molecule has 3 aromatic carbocycles. The van der Waals surface area contributed by atoms with E-state index in [1.165, 1.54) is 0 Å². The van der Waals surface area contributed by atoms with Gasteiger partial charge in [-0.25, -0.2) is 0 Å². The van der Waals surface area contributed by atoms with E-state index in [1.54, 1.807) is 19.4 Å². The number of hydrogen-bond donors (Lipinski definition) is 1. The predicted molar refractivity (Wildman–Crippen MR) is 136 cm³/mol. The van der Waals surface area contributed by atoms with Crippen LogP contribution in [0.25, 0.3) is 27.7 Å². The van der Waals surface area contributed by atoms with E-state index in [0.717, 1.165) is 39.0 Å². The Hall–Kier alpha value is -3.70. The first-order valence-corrected chi connectivity index (χ1v) is 11.4. The lowest BCUT2D eigenvalue weighted by Crippen LogP contribution is -2.20. The normalized spacial score (nSPS) is 11.5. The number of amides is 1. The number of furan rings is 1. The monoisotopic (exact) mass is 475 g/mol. The Kier molecular flexibility index (Phi) is 7.24. The fourth-order valence-corrected chi connectivity index (χ4v) is 3.88. The summed E-state index contributed by atoms with van der Waals surface area (Å²) >= 11 is 6.05. The highest BCUT2D eigenvalue weighted by Crippen LogP contribution is 2.37. The molecule has 0 spiro atoms. The van der Waals surface area contributed by atoms with Crippen LogP contribution in [0.15, 0.2) is 77.4 Å². The minimum atomic E-state index is -0.180. The molecule has 0 unspecified atom stereocenters. The molecule has 174 valence electrons. The van der Waals surface area contributed by atoms with Gasteiger partial charge < -0.3 is 19.2 Å². The van der Waals surface area contributed by atoms with Crippen LogP contribution in [-0.2, 0) is 11.3 Å². The average Bonchev–Trinajstić information content (AvgIpc) is 3.26. The van der Waals surface area contributed by atoms with Crippen LogP contribution in [0.2, 0.25) is 5.02 Å². The molecule has 5 nitrogen and oxygen atoms in total. The lowest BCUT2D eigenvalue weighted by atomic mass is 9.99. The van der Waals surface area contributed by atoms with E-state index in [2.05, 4.69) is 5.32 Å². The van der Waals surface area contributed by atoms with Gasteiger partial charge in [0.25, 0.3) is 0 Å². The summed E-state index contributed by atoms with van der Waals surface area (Å²) in [5, 5.41) is 4.55. The molecule has 1 N–H and O–H groups in total. The number of fused-ring (bicyclic) bond motifs is 1. The zero-order chi connectivity index (χ0) is 24.1. The first-order chi connectivity index (χ1) is 16.5. The third-order valence-corrected chi connectivity index (χ3v) is 5.78. The summed E-state index contributed by atoms with van der Waals surface area (Å²) in [7, 11) is 1.63. The van der Waals surface area contributed by atoms with Crippen molar-refractivity contribution < 1.29 is 18.7 Å². The third-order valence-electron chi connectivity index (χ3n) is 5.53. The molecule has 4 aromatic rings. The zero-order valence-electron chi connectivity index (χ0n) is 19.4. The van der Waals surface area contributed by atoms with Gasteiger partial charge in [-0.1, -0.05) is 35.9 Å². The topological polar surface area (TPSA) is 60.7 Å². The predicted octanol–water partition coefficient (Wildman–Crippen LogP) is 6.88. The molecular weight excluding hydrogens is 450 g/mol. The van der Waals surface area contributed by atoms with Gasteiger partial charge >= 0.3 is 0 Å². The van der Waals surface area contributed by atoms with Crippen LogP contribution in [0.5, 0.6) is 11.5 Å². The molecular formula is C28H26ClNO4. The number of halogens is 1. The van der Waals surface area contributed by atoms with Crippen LogP contribution < -0.4 is 14.8 Å². The van der Waals surface area contributed by atoms with Crippen molar-refractivity contribution in [3.05, 3.63) is 89.2 Å². The molecule has 1 amide bonds. The van der Waals surface area contributed by atoms with Gasteiger partial charge in [-0.3, -0.25) is 4.79 Å². The summed E-state index contributed by atoms with van der Waals surface area (Å²) in [5.74, 6) is 1.27. The van der Waals surface area contributed by atoms with Gasteiger partial charge in [0, 0.05) is 40.2 Å². The van der Waals surface area contributed by atoms with Crippen molar-refractivity contribution in [1.29, 1.82) is 0 Å². The highest BCUT2D eigenvalue weighted by molar-refractivity contribution is 6.30. The van der Waals surface area contributed by atoms with Gasteiger partial charge in [-0.15, -0.1) is 0 Å². The summed E-state index contributed by atoms with van der Waals surface area (Å²) in [6.45, 7) is 4.75. The molecule has 0 atom stereocenters. The largest absolute Gasteiger partial charge is 0.497 e. The molecule has 0 radical (unpaired) electrons. The number of ether oxygens (including phenoxy) is 2. The minimum absolute atomic E-state index is 0.180. The van der Waals surface area contributed by atoms with Gasteiger partial charge in [-0.05, 0) is 60.9 Å². The van der Waals surface area contributed by atoms with E-state index < -0.39 is 0 Å². The van der Waals surface area contributed by atoms with Gasteiger partial charge in [0.15, 0.2) is 0 Å². The smallest absolute Gasteiger partial charge is 0.244 e. The second kappa shape index (κ2) is 10.5. The molecule has 1 heterocycles. The maximum absolute atomic E-state index is 12.6. The van der Waals surface area contributed by atoms with Crippen molar-refractivity contribution >= 4 is 34.1 Å². The molecule has 1 aromatic heterocycles. The number of nitrogens with one attached hydrogen (secondary N) is 1. The first-order valence-electron chi connectivity index (χ1n) is 11.0. The highest BCUT2D eigenvalue weighted by Gasteiger charge is 2.15. The molecule has 0 bridgehead atoms.